The number of benzene rings is 2. The van der Waals surface area contributed by atoms with Crippen LogP contribution in [0.5, 0.6) is 0 Å². The monoisotopic (exact) mass is 475 g/mol. The maximum Gasteiger partial charge on any atom is 0.246 e. The highest BCUT2D eigenvalue weighted by Gasteiger charge is 2.35. The number of hydrogen-bond acceptors (Lipinski definition) is 4. The lowest BCUT2D eigenvalue weighted by molar-refractivity contribution is -0.134. The van der Waals surface area contributed by atoms with Crippen LogP contribution in [0.3, 0.4) is 0 Å². The maximum absolute atomic E-state index is 13.3. The largest absolute Gasteiger partial charge is 0.338 e. The number of halogens is 1. The molecule has 1 fully saturated rings. The van der Waals surface area contributed by atoms with Crippen molar-refractivity contribution < 1.29 is 13.2 Å². The van der Waals surface area contributed by atoms with Crippen molar-refractivity contribution in [3.8, 4) is 0 Å². The van der Waals surface area contributed by atoms with E-state index in [0.717, 1.165) is 31.5 Å². The second-order valence-corrected chi connectivity index (χ2v) is 10.2. The van der Waals surface area contributed by atoms with E-state index < -0.39 is 16.1 Å². The average molecular weight is 476 g/mol. The Morgan fingerprint density at radius 3 is 2.25 bits per heavy atom. The molecular formula is C24H30ClN3O3S. The number of carbonyl (C=O) groups excluding carboxylic acids is 1. The van der Waals surface area contributed by atoms with Crippen molar-refractivity contribution in [3.05, 3.63) is 71.3 Å². The van der Waals surface area contributed by atoms with Crippen LogP contribution in [0.15, 0.2) is 60.7 Å². The fraction of sp³-hybridized carbons (Fsp3) is 0.375. The zero-order chi connectivity index (χ0) is 23.1. The smallest absolute Gasteiger partial charge is 0.246 e. The Morgan fingerprint density at radius 1 is 1.06 bits per heavy atom. The van der Waals surface area contributed by atoms with Gasteiger partial charge in [0.15, 0.2) is 0 Å². The average Bonchev–Trinajstić information content (AvgIpc) is 2.78. The van der Waals surface area contributed by atoms with Gasteiger partial charge in [0.2, 0.25) is 15.9 Å². The molecule has 8 heteroatoms. The SMILES string of the molecule is CC[C@H](C(=O)N1CCN(C/C=C/c2ccccc2)CC1)N(c1ccc(Cl)cc1)S(C)(=O)=O. The van der Waals surface area contributed by atoms with Gasteiger partial charge in [-0.15, -0.1) is 0 Å². The molecule has 1 aliphatic rings. The Kier molecular flexibility index (Phi) is 8.34. The number of anilines is 1. The number of nitrogens with zero attached hydrogens (tertiary/aromatic N) is 3. The number of sulfonamides is 1. The lowest BCUT2D eigenvalue weighted by atomic mass is 10.1. The summed E-state index contributed by atoms with van der Waals surface area (Å²) in [5.74, 6) is -0.160. The van der Waals surface area contributed by atoms with Gasteiger partial charge in [-0.25, -0.2) is 8.42 Å². The van der Waals surface area contributed by atoms with Gasteiger partial charge in [-0.05, 0) is 36.2 Å². The standard InChI is InChI=1S/C24H30ClN3O3S/c1-3-23(28(32(2,30)31)22-13-11-21(25)12-14-22)24(29)27-18-16-26(17-19-27)15-7-10-20-8-5-4-6-9-20/h4-14,23H,3,15-19H2,1-2H3/b10-7+/t23-/m1/s1. The first-order chi connectivity index (χ1) is 15.3. The summed E-state index contributed by atoms with van der Waals surface area (Å²) in [6, 6.07) is 15.9. The summed E-state index contributed by atoms with van der Waals surface area (Å²) in [6.07, 6.45) is 5.75. The van der Waals surface area contributed by atoms with E-state index in [4.69, 9.17) is 11.6 Å². The van der Waals surface area contributed by atoms with Crippen LogP contribution >= 0.6 is 11.6 Å². The predicted octanol–water partition coefficient (Wildman–Crippen LogP) is 3.74. The zero-order valence-corrected chi connectivity index (χ0v) is 20.1. The van der Waals surface area contributed by atoms with E-state index in [2.05, 4.69) is 29.2 Å². The Bertz CT molecular complexity index is 1020. The van der Waals surface area contributed by atoms with Crippen molar-refractivity contribution in [1.82, 2.24) is 9.80 Å². The third-order valence-corrected chi connectivity index (χ3v) is 6.98. The van der Waals surface area contributed by atoms with E-state index in [1.54, 1.807) is 29.2 Å². The summed E-state index contributed by atoms with van der Waals surface area (Å²) in [7, 11) is -3.65. The summed E-state index contributed by atoms with van der Waals surface area (Å²) in [5, 5.41) is 0.513. The van der Waals surface area contributed by atoms with Crippen LogP contribution in [-0.4, -0.2) is 69.1 Å². The van der Waals surface area contributed by atoms with Crippen LogP contribution in [0, 0.1) is 0 Å². The molecule has 1 atom stereocenters. The third kappa shape index (κ3) is 6.34. The molecular weight excluding hydrogens is 446 g/mol. The van der Waals surface area contributed by atoms with E-state index >= 15 is 0 Å². The van der Waals surface area contributed by atoms with Gasteiger partial charge in [-0.1, -0.05) is 61.0 Å². The quantitative estimate of drug-likeness (QED) is 0.583. The van der Waals surface area contributed by atoms with Crippen molar-refractivity contribution in [3.63, 3.8) is 0 Å². The molecule has 0 bridgehead atoms. The van der Waals surface area contributed by atoms with Crippen molar-refractivity contribution in [2.75, 3.05) is 43.3 Å². The van der Waals surface area contributed by atoms with Gasteiger partial charge in [-0.3, -0.25) is 14.0 Å². The van der Waals surface area contributed by atoms with E-state index in [1.165, 1.54) is 4.31 Å². The molecule has 1 amide bonds. The molecule has 1 saturated heterocycles. The predicted molar refractivity (Wildman–Crippen MR) is 131 cm³/mol. The highest BCUT2D eigenvalue weighted by molar-refractivity contribution is 7.92. The van der Waals surface area contributed by atoms with Gasteiger partial charge in [0, 0.05) is 37.7 Å². The fourth-order valence-electron chi connectivity index (χ4n) is 3.89. The zero-order valence-electron chi connectivity index (χ0n) is 18.5. The molecule has 3 rings (SSSR count). The third-order valence-electron chi connectivity index (χ3n) is 5.55. The van der Waals surface area contributed by atoms with Crippen LogP contribution in [0.25, 0.3) is 6.08 Å². The van der Waals surface area contributed by atoms with Crippen molar-refractivity contribution in [2.24, 2.45) is 0 Å². The fourth-order valence-corrected chi connectivity index (χ4v) is 5.23. The van der Waals surface area contributed by atoms with Crippen LogP contribution in [-0.2, 0) is 14.8 Å². The van der Waals surface area contributed by atoms with Gasteiger partial charge in [-0.2, -0.15) is 0 Å². The molecule has 0 radical (unpaired) electrons. The molecule has 1 aliphatic heterocycles. The molecule has 2 aromatic carbocycles. The van der Waals surface area contributed by atoms with Crippen molar-refractivity contribution in [2.45, 2.75) is 19.4 Å². The van der Waals surface area contributed by atoms with Crippen LogP contribution < -0.4 is 4.31 Å². The lowest BCUT2D eigenvalue weighted by Crippen LogP contribution is -2.55. The summed E-state index contributed by atoms with van der Waals surface area (Å²) in [6.45, 7) is 5.30. The summed E-state index contributed by atoms with van der Waals surface area (Å²) in [4.78, 5) is 17.4. The Labute approximate surface area is 196 Å². The van der Waals surface area contributed by atoms with Gasteiger partial charge in [0.1, 0.15) is 6.04 Å². The molecule has 172 valence electrons. The van der Waals surface area contributed by atoms with Gasteiger partial charge < -0.3 is 4.90 Å². The summed E-state index contributed by atoms with van der Waals surface area (Å²) in [5.41, 5.74) is 1.61. The Morgan fingerprint density at radius 2 is 1.69 bits per heavy atom. The highest BCUT2D eigenvalue weighted by Crippen LogP contribution is 2.25. The Hall–Kier alpha value is -2.35. The molecule has 6 nitrogen and oxygen atoms in total. The van der Waals surface area contributed by atoms with Gasteiger partial charge >= 0.3 is 0 Å². The number of carbonyl (C=O) groups is 1. The lowest BCUT2D eigenvalue weighted by Gasteiger charge is -2.38. The summed E-state index contributed by atoms with van der Waals surface area (Å²) >= 11 is 5.96. The molecule has 0 N–H and O–H groups in total. The first kappa shape index (κ1) is 24.3. The minimum atomic E-state index is -3.65. The van der Waals surface area contributed by atoms with Crippen molar-refractivity contribution in [1.29, 1.82) is 0 Å². The first-order valence-corrected chi connectivity index (χ1v) is 13.0. The van der Waals surface area contributed by atoms with Crippen LogP contribution in [0.2, 0.25) is 5.02 Å². The summed E-state index contributed by atoms with van der Waals surface area (Å²) < 4.78 is 26.4. The number of amides is 1. The van der Waals surface area contributed by atoms with E-state index in [0.29, 0.717) is 30.2 Å². The molecule has 32 heavy (non-hydrogen) atoms. The Balaban J connectivity index is 1.64. The minimum Gasteiger partial charge on any atom is -0.338 e. The molecule has 0 aromatic heterocycles. The molecule has 2 aromatic rings. The van der Waals surface area contributed by atoms with E-state index in [1.807, 2.05) is 25.1 Å². The molecule has 0 spiro atoms. The number of rotatable bonds is 8. The number of piperazine rings is 1. The molecule has 0 saturated carbocycles. The highest BCUT2D eigenvalue weighted by atomic mass is 35.5. The van der Waals surface area contributed by atoms with Gasteiger partial charge in [0.25, 0.3) is 0 Å². The second-order valence-electron chi connectivity index (χ2n) is 7.90. The number of hydrogen-bond donors (Lipinski definition) is 0. The minimum absolute atomic E-state index is 0.160. The molecule has 0 aliphatic carbocycles. The van der Waals surface area contributed by atoms with Crippen LogP contribution in [0.4, 0.5) is 5.69 Å². The van der Waals surface area contributed by atoms with E-state index in [-0.39, 0.29) is 5.91 Å². The topological polar surface area (TPSA) is 60.9 Å². The van der Waals surface area contributed by atoms with E-state index in [9.17, 15) is 13.2 Å². The maximum atomic E-state index is 13.3. The molecule has 1 heterocycles. The van der Waals surface area contributed by atoms with Crippen molar-refractivity contribution >= 4 is 39.3 Å². The second kappa shape index (κ2) is 11.0. The van der Waals surface area contributed by atoms with Crippen LogP contribution in [0.1, 0.15) is 18.9 Å². The first-order valence-electron chi connectivity index (χ1n) is 10.8. The molecule has 0 unspecified atom stereocenters. The normalized spacial score (nSPS) is 16.3. The van der Waals surface area contributed by atoms with Gasteiger partial charge in [0.05, 0.1) is 11.9 Å².